The summed E-state index contributed by atoms with van der Waals surface area (Å²) in [6, 6.07) is 2.68. The van der Waals surface area contributed by atoms with Crippen LogP contribution in [0.1, 0.15) is 17.7 Å². The predicted molar refractivity (Wildman–Crippen MR) is 63.7 cm³/mol. The van der Waals surface area contributed by atoms with Crippen LogP contribution in [0.15, 0.2) is 24.4 Å². The number of hydrogen-bond acceptors (Lipinski definition) is 3. The zero-order valence-corrected chi connectivity index (χ0v) is 10.4. The maximum absolute atomic E-state index is 13.2. The topological polar surface area (TPSA) is 56.7 Å². The number of aryl methyl sites for hydroxylation is 1. The quantitative estimate of drug-likeness (QED) is 0.878. The number of nitrogens with zero attached hydrogens (tertiary/aromatic N) is 3. The number of rotatable bonds is 4. The zero-order chi connectivity index (χ0) is 14.8. The Hall–Kier alpha value is -1.96. The molecule has 0 fully saturated rings. The number of benzene rings is 1. The van der Waals surface area contributed by atoms with Crippen LogP contribution in [-0.4, -0.2) is 21.5 Å². The van der Waals surface area contributed by atoms with Crippen molar-refractivity contribution in [2.75, 3.05) is 6.54 Å². The van der Waals surface area contributed by atoms with E-state index in [1.165, 1.54) is 16.9 Å². The fraction of sp³-hybridized carbons (Fsp3) is 0.333. The molecule has 1 aromatic heterocycles. The second-order valence-corrected chi connectivity index (χ2v) is 4.21. The monoisotopic (exact) mass is 288 g/mol. The van der Waals surface area contributed by atoms with Gasteiger partial charge in [-0.25, -0.2) is 9.07 Å². The average molecular weight is 288 g/mol. The molecule has 0 amide bonds. The predicted octanol–water partition coefficient (Wildman–Crippen LogP) is 2.32. The summed E-state index contributed by atoms with van der Waals surface area (Å²) in [5.74, 6) is -1.32. The molecule has 0 saturated heterocycles. The Labute approximate surface area is 112 Å². The number of halogens is 4. The highest BCUT2D eigenvalue weighted by molar-refractivity contribution is 5.37. The summed E-state index contributed by atoms with van der Waals surface area (Å²) in [6.45, 7) is 0.488. The molecule has 0 aliphatic heterocycles. The Morgan fingerprint density at radius 3 is 2.65 bits per heavy atom. The van der Waals surface area contributed by atoms with Gasteiger partial charge >= 0.3 is 6.18 Å². The molecule has 0 saturated carbocycles. The lowest BCUT2D eigenvalue weighted by atomic mass is 10.2. The van der Waals surface area contributed by atoms with E-state index in [0.717, 1.165) is 6.07 Å². The Morgan fingerprint density at radius 1 is 1.25 bits per heavy atom. The van der Waals surface area contributed by atoms with Crippen LogP contribution in [0.4, 0.5) is 17.6 Å². The summed E-state index contributed by atoms with van der Waals surface area (Å²) in [5.41, 5.74) is 4.75. The van der Waals surface area contributed by atoms with Crippen LogP contribution in [0.3, 0.4) is 0 Å². The van der Waals surface area contributed by atoms with Gasteiger partial charge in [0.25, 0.3) is 0 Å². The molecule has 2 aromatic rings. The lowest BCUT2D eigenvalue weighted by Gasteiger charge is -2.09. The zero-order valence-electron chi connectivity index (χ0n) is 10.4. The Balaban J connectivity index is 2.31. The van der Waals surface area contributed by atoms with Gasteiger partial charge in [0.2, 0.25) is 0 Å². The first kappa shape index (κ1) is 14.4. The molecule has 1 aromatic carbocycles. The van der Waals surface area contributed by atoms with E-state index in [1.54, 1.807) is 0 Å². The molecule has 0 bridgehead atoms. The summed E-state index contributed by atoms with van der Waals surface area (Å²) in [6.07, 6.45) is -1.95. The van der Waals surface area contributed by atoms with E-state index in [-0.39, 0.29) is 5.69 Å². The van der Waals surface area contributed by atoms with Gasteiger partial charge in [0, 0.05) is 0 Å². The number of alkyl halides is 3. The van der Waals surface area contributed by atoms with Gasteiger partial charge in [0.15, 0.2) is 0 Å². The maximum atomic E-state index is 13.2. The minimum Gasteiger partial charge on any atom is -0.330 e. The van der Waals surface area contributed by atoms with E-state index in [4.69, 9.17) is 5.73 Å². The van der Waals surface area contributed by atoms with Crippen LogP contribution in [-0.2, 0) is 12.6 Å². The van der Waals surface area contributed by atoms with Crippen molar-refractivity contribution in [2.45, 2.75) is 19.0 Å². The van der Waals surface area contributed by atoms with Crippen LogP contribution >= 0.6 is 0 Å². The van der Waals surface area contributed by atoms with Crippen LogP contribution in [0.25, 0.3) is 5.69 Å². The number of hydrogen-bond donors (Lipinski definition) is 1. The van der Waals surface area contributed by atoms with E-state index in [0.29, 0.717) is 31.1 Å². The van der Waals surface area contributed by atoms with Gasteiger partial charge in [-0.05, 0) is 37.6 Å². The van der Waals surface area contributed by atoms with E-state index in [9.17, 15) is 17.6 Å². The first-order chi connectivity index (χ1) is 9.41. The molecular weight excluding hydrogens is 276 g/mol. The lowest BCUT2D eigenvalue weighted by molar-refractivity contribution is -0.140. The fourth-order valence-electron chi connectivity index (χ4n) is 1.70. The molecule has 2 rings (SSSR count). The third kappa shape index (κ3) is 3.13. The maximum Gasteiger partial charge on any atom is 0.419 e. The van der Waals surface area contributed by atoms with Crippen LogP contribution in [0.5, 0.6) is 0 Å². The molecule has 0 aliphatic carbocycles. The summed E-state index contributed by atoms with van der Waals surface area (Å²) < 4.78 is 52.2. The van der Waals surface area contributed by atoms with E-state index in [1.807, 2.05) is 0 Å². The van der Waals surface area contributed by atoms with Crippen LogP contribution in [0.2, 0.25) is 0 Å². The summed E-state index contributed by atoms with van der Waals surface area (Å²) in [5, 5.41) is 7.56. The first-order valence-corrected chi connectivity index (χ1v) is 5.90. The molecule has 8 heteroatoms. The standard InChI is InChI=1S/C12H12F4N4/c13-11-4-3-9(6-10(11)12(14,15)16)20-7-8(18-19-20)2-1-5-17/h3-4,6-7H,1-2,5,17H2. The van der Waals surface area contributed by atoms with Crippen molar-refractivity contribution in [1.82, 2.24) is 15.0 Å². The average Bonchev–Trinajstić information content (AvgIpc) is 2.84. The number of nitrogens with two attached hydrogens (primary N) is 1. The van der Waals surface area contributed by atoms with Gasteiger partial charge < -0.3 is 5.73 Å². The molecule has 1 heterocycles. The third-order valence-corrected chi connectivity index (χ3v) is 2.70. The highest BCUT2D eigenvalue weighted by Gasteiger charge is 2.34. The molecular formula is C12H12F4N4. The number of aromatic nitrogens is 3. The van der Waals surface area contributed by atoms with Gasteiger partial charge in [-0.15, -0.1) is 5.10 Å². The SMILES string of the molecule is NCCCc1cn(-c2ccc(F)c(C(F)(F)F)c2)nn1. The van der Waals surface area contributed by atoms with Gasteiger partial charge in [-0.1, -0.05) is 5.21 Å². The molecule has 0 atom stereocenters. The van der Waals surface area contributed by atoms with Crippen molar-refractivity contribution in [1.29, 1.82) is 0 Å². The van der Waals surface area contributed by atoms with E-state index >= 15 is 0 Å². The fourth-order valence-corrected chi connectivity index (χ4v) is 1.70. The highest BCUT2D eigenvalue weighted by Crippen LogP contribution is 2.32. The van der Waals surface area contributed by atoms with E-state index in [2.05, 4.69) is 10.3 Å². The summed E-state index contributed by atoms with van der Waals surface area (Å²) in [7, 11) is 0. The molecule has 0 radical (unpaired) electrons. The van der Waals surface area contributed by atoms with Gasteiger partial charge in [0.1, 0.15) is 5.82 Å². The van der Waals surface area contributed by atoms with Crippen molar-refractivity contribution in [2.24, 2.45) is 5.73 Å². The lowest BCUT2D eigenvalue weighted by Crippen LogP contribution is -2.09. The van der Waals surface area contributed by atoms with Gasteiger partial charge in [0.05, 0.1) is 23.1 Å². The molecule has 20 heavy (non-hydrogen) atoms. The molecule has 0 spiro atoms. The second-order valence-electron chi connectivity index (χ2n) is 4.21. The van der Waals surface area contributed by atoms with E-state index < -0.39 is 17.6 Å². The summed E-state index contributed by atoms with van der Waals surface area (Å²) in [4.78, 5) is 0. The van der Waals surface area contributed by atoms with Crippen molar-refractivity contribution in [3.8, 4) is 5.69 Å². The third-order valence-electron chi connectivity index (χ3n) is 2.70. The Kier molecular flexibility index (Phi) is 4.03. The van der Waals surface area contributed by atoms with Crippen molar-refractivity contribution >= 4 is 0 Å². The van der Waals surface area contributed by atoms with Crippen molar-refractivity contribution in [3.63, 3.8) is 0 Å². The normalized spacial score (nSPS) is 11.8. The van der Waals surface area contributed by atoms with Crippen LogP contribution in [0, 0.1) is 5.82 Å². The summed E-state index contributed by atoms with van der Waals surface area (Å²) >= 11 is 0. The largest absolute Gasteiger partial charge is 0.419 e. The first-order valence-electron chi connectivity index (χ1n) is 5.90. The minimum absolute atomic E-state index is 0.102. The smallest absolute Gasteiger partial charge is 0.330 e. The Morgan fingerprint density at radius 2 is 2.00 bits per heavy atom. The second kappa shape index (κ2) is 5.58. The molecule has 0 unspecified atom stereocenters. The van der Waals surface area contributed by atoms with Gasteiger partial charge in [-0.2, -0.15) is 13.2 Å². The van der Waals surface area contributed by atoms with Crippen molar-refractivity contribution in [3.05, 3.63) is 41.5 Å². The molecule has 2 N–H and O–H groups in total. The van der Waals surface area contributed by atoms with Crippen molar-refractivity contribution < 1.29 is 17.6 Å². The minimum atomic E-state index is -4.75. The van der Waals surface area contributed by atoms with Crippen LogP contribution < -0.4 is 5.73 Å². The molecule has 108 valence electrons. The molecule has 0 aliphatic rings. The highest BCUT2D eigenvalue weighted by atomic mass is 19.4. The Bertz CT molecular complexity index is 591. The molecule has 4 nitrogen and oxygen atoms in total. The van der Waals surface area contributed by atoms with Gasteiger partial charge in [-0.3, -0.25) is 0 Å².